The third-order valence-corrected chi connectivity index (χ3v) is 3.93. The standard InChI is InChI=1S/C14H17ClN4O/c15-13-10-5-8-19(14(10)18-9-17-13)7-2-3-11-12(20)4-1-6-16-11/h2-3,5,8-9,11-12,16,20H,1,4,6-7H2/b3-2+/t11-,12+/m1/s1. The predicted octanol–water partition coefficient (Wildman–Crippen LogP) is 1.75. The minimum atomic E-state index is -0.293. The summed E-state index contributed by atoms with van der Waals surface area (Å²) >= 11 is 6.02. The molecule has 3 rings (SSSR count). The molecule has 6 heteroatoms. The lowest BCUT2D eigenvalue weighted by atomic mass is 10.0. The van der Waals surface area contributed by atoms with Crippen LogP contribution in [0.5, 0.6) is 0 Å². The predicted molar refractivity (Wildman–Crippen MR) is 78.7 cm³/mol. The molecule has 0 unspecified atom stereocenters. The van der Waals surface area contributed by atoms with E-state index < -0.39 is 0 Å². The first-order valence-electron chi connectivity index (χ1n) is 6.79. The number of nitrogens with one attached hydrogen (secondary N) is 1. The quantitative estimate of drug-likeness (QED) is 0.668. The highest BCUT2D eigenvalue weighted by Crippen LogP contribution is 2.20. The maximum atomic E-state index is 9.88. The minimum Gasteiger partial charge on any atom is -0.391 e. The third kappa shape index (κ3) is 2.70. The van der Waals surface area contributed by atoms with Gasteiger partial charge in [-0.15, -0.1) is 0 Å². The molecule has 2 atom stereocenters. The molecule has 0 spiro atoms. The van der Waals surface area contributed by atoms with Gasteiger partial charge in [0, 0.05) is 12.7 Å². The molecular formula is C14H17ClN4O. The highest BCUT2D eigenvalue weighted by molar-refractivity contribution is 6.33. The number of fused-ring (bicyclic) bond motifs is 1. The number of aliphatic hydroxyl groups excluding tert-OH is 1. The van der Waals surface area contributed by atoms with Crippen molar-refractivity contribution in [3.05, 3.63) is 35.9 Å². The van der Waals surface area contributed by atoms with Gasteiger partial charge in [0.2, 0.25) is 0 Å². The van der Waals surface area contributed by atoms with E-state index in [1.54, 1.807) is 0 Å². The van der Waals surface area contributed by atoms with Crippen LogP contribution in [0.4, 0.5) is 0 Å². The van der Waals surface area contributed by atoms with Crippen molar-refractivity contribution in [2.75, 3.05) is 6.54 Å². The van der Waals surface area contributed by atoms with Crippen molar-refractivity contribution in [2.45, 2.75) is 31.5 Å². The maximum Gasteiger partial charge on any atom is 0.145 e. The van der Waals surface area contributed by atoms with E-state index in [0.717, 1.165) is 30.4 Å². The van der Waals surface area contributed by atoms with E-state index in [9.17, 15) is 5.11 Å². The Bertz CT molecular complexity index is 625. The lowest BCUT2D eigenvalue weighted by Crippen LogP contribution is -2.43. The number of nitrogens with zero attached hydrogens (tertiary/aromatic N) is 3. The van der Waals surface area contributed by atoms with E-state index in [0.29, 0.717) is 11.7 Å². The van der Waals surface area contributed by atoms with Crippen LogP contribution < -0.4 is 5.32 Å². The van der Waals surface area contributed by atoms with Crippen LogP contribution >= 0.6 is 11.6 Å². The van der Waals surface area contributed by atoms with Crippen LogP contribution in [-0.2, 0) is 6.54 Å². The molecule has 0 aromatic carbocycles. The van der Waals surface area contributed by atoms with E-state index in [2.05, 4.69) is 15.3 Å². The summed E-state index contributed by atoms with van der Waals surface area (Å²) in [5.74, 6) is 0. The fourth-order valence-electron chi connectivity index (χ4n) is 2.53. The summed E-state index contributed by atoms with van der Waals surface area (Å²) in [6.45, 7) is 1.66. The number of aromatic nitrogens is 3. The molecule has 3 heterocycles. The van der Waals surface area contributed by atoms with E-state index in [4.69, 9.17) is 11.6 Å². The van der Waals surface area contributed by atoms with Crippen molar-refractivity contribution in [2.24, 2.45) is 0 Å². The van der Waals surface area contributed by atoms with Crippen LogP contribution in [0, 0.1) is 0 Å². The Kier molecular flexibility index (Phi) is 4.00. The normalized spacial score (nSPS) is 23.7. The van der Waals surface area contributed by atoms with E-state index >= 15 is 0 Å². The number of allylic oxidation sites excluding steroid dienone is 1. The third-order valence-electron chi connectivity index (χ3n) is 3.62. The Morgan fingerprint density at radius 2 is 2.40 bits per heavy atom. The molecule has 1 aliphatic heterocycles. The van der Waals surface area contributed by atoms with Gasteiger partial charge < -0.3 is 15.0 Å². The zero-order valence-electron chi connectivity index (χ0n) is 11.0. The lowest BCUT2D eigenvalue weighted by Gasteiger charge is -2.26. The molecule has 0 bridgehead atoms. The van der Waals surface area contributed by atoms with E-state index in [1.807, 2.05) is 29.0 Å². The Hall–Kier alpha value is -1.43. The summed E-state index contributed by atoms with van der Waals surface area (Å²) in [7, 11) is 0. The molecule has 5 nitrogen and oxygen atoms in total. The first-order chi connectivity index (χ1) is 9.75. The number of hydrogen-bond acceptors (Lipinski definition) is 4. The van der Waals surface area contributed by atoms with Crippen LogP contribution in [0.1, 0.15) is 12.8 Å². The highest BCUT2D eigenvalue weighted by atomic mass is 35.5. The smallest absolute Gasteiger partial charge is 0.145 e. The van der Waals surface area contributed by atoms with Crippen LogP contribution in [0.15, 0.2) is 30.7 Å². The molecule has 1 fully saturated rings. The van der Waals surface area contributed by atoms with Gasteiger partial charge >= 0.3 is 0 Å². The van der Waals surface area contributed by atoms with E-state index in [-0.39, 0.29) is 12.1 Å². The molecule has 106 valence electrons. The summed E-state index contributed by atoms with van der Waals surface area (Å²) in [5.41, 5.74) is 0.826. The summed E-state index contributed by atoms with van der Waals surface area (Å²) < 4.78 is 2.01. The summed E-state index contributed by atoms with van der Waals surface area (Å²) in [5, 5.41) is 14.5. The molecule has 2 aromatic rings. The Morgan fingerprint density at radius 1 is 1.50 bits per heavy atom. The average Bonchev–Trinajstić information content (AvgIpc) is 2.86. The van der Waals surface area contributed by atoms with Gasteiger partial charge in [-0.05, 0) is 25.5 Å². The molecule has 0 radical (unpaired) electrons. The monoisotopic (exact) mass is 292 g/mol. The second-order valence-corrected chi connectivity index (χ2v) is 5.35. The molecular weight excluding hydrogens is 276 g/mol. The molecule has 0 aliphatic carbocycles. The molecule has 0 amide bonds. The number of piperidine rings is 1. The minimum absolute atomic E-state index is 0.0452. The van der Waals surface area contributed by atoms with Gasteiger partial charge in [-0.3, -0.25) is 0 Å². The van der Waals surface area contributed by atoms with Crippen molar-refractivity contribution < 1.29 is 5.11 Å². The summed E-state index contributed by atoms with van der Waals surface area (Å²) in [4.78, 5) is 8.22. The second-order valence-electron chi connectivity index (χ2n) is 4.99. The highest BCUT2D eigenvalue weighted by Gasteiger charge is 2.19. The molecule has 1 aliphatic rings. The van der Waals surface area contributed by atoms with Crippen LogP contribution in [0.25, 0.3) is 11.0 Å². The number of hydrogen-bond donors (Lipinski definition) is 2. The Labute approximate surface area is 122 Å². The Morgan fingerprint density at radius 3 is 3.25 bits per heavy atom. The molecule has 1 saturated heterocycles. The molecule has 2 aromatic heterocycles. The SMILES string of the molecule is O[C@H]1CCCN[C@@H]1/C=C/Cn1ccc2c(Cl)ncnc21. The largest absolute Gasteiger partial charge is 0.391 e. The fraction of sp³-hybridized carbons (Fsp3) is 0.429. The van der Waals surface area contributed by atoms with Gasteiger partial charge in [0.25, 0.3) is 0 Å². The average molecular weight is 293 g/mol. The van der Waals surface area contributed by atoms with Gasteiger partial charge in [-0.1, -0.05) is 23.8 Å². The zero-order valence-corrected chi connectivity index (χ0v) is 11.8. The van der Waals surface area contributed by atoms with Crippen LogP contribution in [0.3, 0.4) is 0 Å². The van der Waals surface area contributed by atoms with Gasteiger partial charge in [0.15, 0.2) is 0 Å². The molecule has 0 saturated carbocycles. The molecule has 2 N–H and O–H groups in total. The molecule has 20 heavy (non-hydrogen) atoms. The van der Waals surface area contributed by atoms with Crippen molar-refractivity contribution in [1.82, 2.24) is 19.9 Å². The Balaban J connectivity index is 1.72. The first kappa shape index (κ1) is 13.5. The van der Waals surface area contributed by atoms with Gasteiger partial charge in [0.1, 0.15) is 17.1 Å². The van der Waals surface area contributed by atoms with Crippen molar-refractivity contribution in [3.8, 4) is 0 Å². The van der Waals surface area contributed by atoms with Gasteiger partial charge in [-0.2, -0.15) is 0 Å². The van der Waals surface area contributed by atoms with Gasteiger partial charge in [0.05, 0.1) is 17.5 Å². The van der Waals surface area contributed by atoms with Gasteiger partial charge in [-0.25, -0.2) is 9.97 Å². The summed E-state index contributed by atoms with van der Waals surface area (Å²) in [6, 6.07) is 1.96. The van der Waals surface area contributed by atoms with Crippen LogP contribution in [0.2, 0.25) is 5.15 Å². The van der Waals surface area contributed by atoms with Crippen LogP contribution in [-0.4, -0.2) is 38.3 Å². The number of halogens is 1. The zero-order chi connectivity index (χ0) is 13.9. The maximum absolute atomic E-state index is 9.88. The first-order valence-corrected chi connectivity index (χ1v) is 7.17. The lowest BCUT2D eigenvalue weighted by molar-refractivity contribution is 0.115. The number of rotatable bonds is 3. The van der Waals surface area contributed by atoms with Crippen molar-refractivity contribution in [1.29, 1.82) is 0 Å². The fourth-order valence-corrected chi connectivity index (χ4v) is 2.72. The van der Waals surface area contributed by atoms with Crippen molar-refractivity contribution in [3.63, 3.8) is 0 Å². The topological polar surface area (TPSA) is 63.0 Å². The second kappa shape index (κ2) is 5.91. The van der Waals surface area contributed by atoms with Crippen molar-refractivity contribution >= 4 is 22.6 Å². The summed E-state index contributed by atoms with van der Waals surface area (Å²) in [6.07, 6.45) is 9.08. The number of aliphatic hydroxyl groups is 1. The van der Waals surface area contributed by atoms with E-state index in [1.165, 1.54) is 6.33 Å².